The van der Waals surface area contributed by atoms with Gasteiger partial charge in [0.1, 0.15) is 0 Å². The van der Waals surface area contributed by atoms with Gasteiger partial charge >= 0.3 is 0 Å². The fourth-order valence-electron chi connectivity index (χ4n) is 3.04. The summed E-state index contributed by atoms with van der Waals surface area (Å²) in [4.78, 5) is 34.7. The minimum atomic E-state index is -0.0520. The molecule has 28 heavy (non-hydrogen) atoms. The minimum absolute atomic E-state index is 0.0392. The highest BCUT2D eigenvalue weighted by Crippen LogP contribution is 2.18. The molecule has 1 aromatic carbocycles. The zero-order valence-electron chi connectivity index (χ0n) is 17.2. The number of aryl methyl sites for hydroxylation is 2. The second-order valence-corrected chi connectivity index (χ2v) is 7.41. The number of carbonyl (C=O) groups is 2. The fraction of sp³-hybridized carbons (Fsp3) is 0.429. The van der Waals surface area contributed by atoms with E-state index in [1.165, 1.54) is 11.8 Å². The molecule has 1 heterocycles. The zero-order valence-corrected chi connectivity index (χ0v) is 18.0. The molecule has 0 radical (unpaired) electrons. The molecule has 0 aliphatic rings. The molecule has 2 aromatic rings. The van der Waals surface area contributed by atoms with E-state index in [0.29, 0.717) is 25.9 Å². The minimum Gasteiger partial charge on any atom is -0.339 e. The standard InChI is InChI=1S/C21H28N4O2S/c1-6-25(16(4)26)13-17-8-7-9-18(12-17)24-20(27)11-10-19-14(2)22-21(28-5)23-15(19)3/h7-9,12H,6,10-11,13H2,1-5H3,(H,24,27). The lowest BCUT2D eigenvalue weighted by atomic mass is 10.1. The van der Waals surface area contributed by atoms with Crippen LogP contribution in [-0.2, 0) is 22.6 Å². The van der Waals surface area contributed by atoms with Crippen molar-refractivity contribution in [3.05, 3.63) is 46.8 Å². The number of rotatable bonds is 8. The summed E-state index contributed by atoms with van der Waals surface area (Å²) in [5.41, 5.74) is 4.61. The lowest BCUT2D eigenvalue weighted by Gasteiger charge is -2.19. The van der Waals surface area contributed by atoms with Gasteiger partial charge in [-0.3, -0.25) is 9.59 Å². The van der Waals surface area contributed by atoms with E-state index in [0.717, 1.165) is 33.4 Å². The first-order valence-electron chi connectivity index (χ1n) is 9.36. The highest BCUT2D eigenvalue weighted by Gasteiger charge is 2.12. The average molecular weight is 401 g/mol. The molecular formula is C21H28N4O2S. The molecule has 0 aliphatic carbocycles. The number of hydrogen-bond donors (Lipinski definition) is 1. The normalized spacial score (nSPS) is 10.6. The molecule has 0 unspecified atom stereocenters. The number of benzene rings is 1. The monoisotopic (exact) mass is 400 g/mol. The van der Waals surface area contributed by atoms with Crippen molar-refractivity contribution in [2.24, 2.45) is 0 Å². The number of anilines is 1. The van der Waals surface area contributed by atoms with Crippen molar-refractivity contribution in [1.29, 1.82) is 0 Å². The van der Waals surface area contributed by atoms with Crippen LogP contribution in [0.25, 0.3) is 0 Å². The Morgan fingerprint density at radius 3 is 2.43 bits per heavy atom. The SMILES string of the molecule is CCN(Cc1cccc(NC(=O)CCc2c(C)nc(SC)nc2C)c1)C(C)=O. The molecule has 1 aromatic heterocycles. The van der Waals surface area contributed by atoms with Gasteiger partial charge in [-0.25, -0.2) is 9.97 Å². The van der Waals surface area contributed by atoms with Gasteiger partial charge in [-0.2, -0.15) is 0 Å². The highest BCUT2D eigenvalue weighted by molar-refractivity contribution is 7.98. The van der Waals surface area contributed by atoms with E-state index in [4.69, 9.17) is 0 Å². The molecule has 0 bridgehead atoms. The Bertz CT molecular complexity index is 831. The molecule has 150 valence electrons. The van der Waals surface area contributed by atoms with Gasteiger partial charge in [-0.05, 0) is 56.7 Å². The predicted molar refractivity (Wildman–Crippen MR) is 113 cm³/mol. The van der Waals surface area contributed by atoms with E-state index in [1.807, 2.05) is 51.3 Å². The van der Waals surface area contributed by atoms with Crippen molar-refractivity contribution in [3.8, 4) is 0 Å². The highest BCUT2D eigenvalue weighted by atomic mass is 32.2. The van der Waals surface area contributed by atoms with Crippen LogP contribution >= 0.6 is 11.8 Å². The van der Waals surface area contributed by atoms with Crippen LogP contribution in [0.5, 0.6) is 0 Å². The Morgan fingerprint density at radius 2 is 1.86 bits per heavy atom. The molecule has 1 N–H and O–H groups in total. The molecule has 0 aliphatic heterocycles. The van der Waals surface area contributed by atoms with Crippen molar-refractivity contribution >= 4 is 29.3 Å². The van der Waals surface area contributed by atoms with Crippen LogP contribution < -0.4 is 5.32 Å². The summed E-state index contributed by atoms with van der Waals surface area (Å²) in [6, 6.07) is 7.62. The van der Waals surface area contributed by atoms with Crippen molar-refractivity contribution in [3.63, 3.8) is 0 Å². The number of thioether (sulfide) groups is 1. The van der Waals surface area contributed by atoms with E-state index in [-0.39, 0.29) is 11.8 Å². The third-order valence-electron chi connectivity index (χ3n) is 4.60. The first-order chi connectivity index (χ1) is 13.3. The van der Waals surface area contributed by atoms with E-state index >= 15 is 0 Å². The van der Waals surface area contributed by atoms with Gasteiger partial charge in [0.05, 0.1) is 0 Å². The summed E-state index contributed by atoms with van der Waals surface area (Å²) in [7, 11) is 0. The summed E-state index contributed by atoms with van der Waals surface area (Å²) in [5.74, 6) is -0.0128. The molecular weight excluding hydrogens is 372 g/mol. The summed E-state index contributed by atoms with van der Waals surface area (Å²) < 4.78 is 0. The molecule has 0 spiro atoms. The summed E-state index contributed by atoms with van der Waals surface area (Å²) in [6.45, 7) is 8.62. The van der Waals surface area contributed by atoms with Crippen LogP contribution in [0.2, 0.25) is 0 Å². The van der Waals surface area contributed by atoms with E-state index in [1.54, 1.807) is 11.8 Å². The van der Waals surface area contributed by atoms with Gasteiger partial charge in [0.15, 0.2) is 5.16 Å². The van der Waals surface area contributed by atoms with Gasteiger partial charge < -0.3 is 10.2 Å². The fourth-order valence-corrected chi connectivity index (χ4v) is 3.49. The maximum absolute atomic E-state index is 12.4. The van der Waals surface area contributed by atoms with Crippen LogP contribution in [0.4, 0.5) is 5.69 Å². The second kappa shape index (κ2) is 10.2. The van der Waals surface area contributed by atoms with E-state index < -0.39 is 0 Å². The molecule has 6 nitrogen and oxygen atoms in total. The number of nitrogens with zero attached hydrogens (tertiary/aromatic N) is 3. The summed E-state index contributed by atoms with van der Waals surface area (Å²) >= 11 is 1.51. The first-order valence-corrected chi connectivity index (χ1v) is 10.6. The maximum atomic E-state index is 12.4. The Morgan fingerprint density at radius 1 is 1.18 bits per heavy atom. The third kappa shape index (κ3) is 6.05. The van der Waals surface area contributed by atoms with Gasteiger partial charge in [-0.15, -0.1) is 0 Å². The maximum Gasteiger partial charge on any atom is 0.224 e. The molecule has 2 rings (SSSR count). The third-order valence-corrected chi connectivity index (χ3v) is 5.14. The largest absolute Gasteiger partial charge is 0.339 e. The smallest absolute Gasteiger partial charge is 0.224 e. The lowest BCUT2D eigenvalue weighted by Crippen LogP contribution is -2.27. The van der Waals surface area contributed by atoms with E-state index in [9.17, 15) is 9.59 Å². The molecule has 0 atom stereocenters. The topological polar surface area (TPSA) is 75.2 Å². The lowest BCUT2D eigenvalue weighted by molar-refractivity contribution is -0.129. The van der Waals surface area contributed by atoms with Crippen LogP contribution in [0.3, 0.4) is 0 Å². The number of hydrogen-bond acceptors (Lipinski definition) is 5. The molecule has 0 saturated heterocycles. The van der Waals surface area contributed by atoms with Crippen molar-refractivity contribution in [2.75, 3.05) is 18.1 Å². The van der Waals surface area contributed by atoms with Gasteiger partial charge in [0, 0.05) is 43.5 Å². The summed E-state index contributed by atoms with van der Waals surface area (Å²) in [5, 5.41) is 3.70. The number of amides is 2. The predicted octanol–water partition coefficient (Wildman–Crippen LogP) is 3.76. The van der Waals surface area contributed by atoms with Gasteiger partial charge in [-0.1, -0.05) is 23.9 Å². The Balaban J connectivity index is 1.98. The number of aromatic nitrogens is 2. The van der Waals surface area contributed by atoms with Crippen LogP contribution in [0, 0.1) is 13.8 Å². The van der Waals surface area contributed by atoms with Crippen molar-refractivity contribution < 1.29 is 9.59 Å². The number of nitrogens with one attached hydrogen (secondary N) is 1. The van der Waals surface area contributed by atoms with Crippen molar-refractivity contribution in [1.82, 2.24) is 14.9 Å². The molecule has 2 amide bonds. The molecule has 0 saturated carbocycles. The Kier molecular flexibility index (Phi) is 7.99. The number of carbonyl (C=O) groups excluding carboxylic acids is 2. The Labute approximate surface area is 171 Å². The average Bonchev–Trinajstić information content (AvgIpc) is 2.65. The summed E-state index contributed by atoms with van der Waals surface area (Å²) in [6.07, 6.45) is 2.92. The molecule has 0 fully saturated rings. The van der Waals surface area contributed by atoms with Crippen LogP contribution in [0.1, 0.15) is 42.8 Å². The Hall–Kier alpha value is -2.41. The van der Waals surface area contributed by atoms with Crippen molar-refractivity contribution in [2.45, 2.75) is 52.2 Å². The van der Waals surface area contributed by atoms with E-state index in [2.05, 4.69) is 15.3 Å². The van der Waals surface area contributed by atoms with Crippen LogP contribution in [-0.4, -0.2) is 39.5 Å². The first kappa shape index (κ1) is 21.9. The second-order valence-electron chi connectivity index (χ2n) is 6.64. The molecule has 7 heteroatoms. The van der Waals surface area contributed by atoms with Crippen LogP contribution in [0.15, 0.2) is 29.4 Å². The van der Waals surface area contributed by atoms with Gasteiger partial charge in [0.2, 0.25) is 11.8 Å². The zero-order chi connectivity index (χ0) is 20.7. The quantitative estimate of drug-likeness (QED) is 0.539. The van der Waals surface area contributed by atoms with Gasteiger partial charge in [0.25, 0.3) is 0 Å².